The third-order valence-electron chi connectivity index (χ3n) is 3.98. The van der Waals surface area contributed by atoms with E-state index in [0.29, 0.717) is 16.1 Å². The fourth-order valence-electron chi connectivity index (χ4n) is 2.82. The van der Waals surface area contributed by atoms with Gasteiger partial charge >= 0.3 is 0 Å². The second kappa shape index (κ2) is 6.24. The lowest BCUT2D eigenvalue weighted by molar-refractivity contribution is 0.0933. The van der Waals surface area contributed by atoms with Gasteiger partial charge in [-0.2, -0.15) is 11.8 Å². The van der Waals surface area contributed by atoms with Crippen molar-refractivity contribution in [1.29, 1.82) is 0 Å². The van der Waals surface area contributed by atoms with E-state index in [0.717, 1.165) is 30.0 Å². The molecule has 0 aliphatic heterocycles. The lowest BCUT2D eigenvalue weighted by Crippen LogP contribution is -2.33. The summed E-state index contributed by atoms with van der Waals surface area (Å²) in [7, 11) is 0. The van der Waals surface area contributed by atoms with Crippen molar-refractivity contribution in [2.75, 3.05) is 6.26 Å². The number of nitrogens with zero attached hydrogens (tertiary/aromatic N) is 1. The van der Waals surface area contributed by atoms with Crippen molar-refractivity contribution in [2.45, 2.75) is 30.6 Å². The third-order valence-corrected chi connectivity index (χ3v) is 5.36. The number of rotatable bonds is 3. The molecule has 1 amide bonds. The third kappa shape index (κ3) is 3.16. The van der Waals surface area contributed by atoms with E-state index in [-0.39, 0.29) is 11.9 Å². The van der Waals surface area contributed by atoms with E-state index in [4.69, 9.17) is 11.6 Å². The highest BCUT2D eigenvalue weighted by Crippen LogP contribution is 2.28. The average molecular weight is 321 g/mol. The highest BCUT2D eigenvalue weighted by atomic mass is 35.5. The molecule has 5 heteroatoms. The molecule has 3 nitrogen and oxygen atoms in total. The van der Waals surface area contributed by atoms with Gasteiger partial charge in [-0.25, -0.2) is 4.98 Å². The van der Waals surface area contributed by atoms with E-state index >= 15 is 0 Å². The number of nitrogens with one attached hydrogen (secondary N) is 1. The maximum absolute atomic E-state index is 12.4. The Bertz CT molecular complexity index is 676. The zero-order valence-corrected chi connectivity index (χ0v) is 13.4. The molecule has 110 valence electrons. The molecule has 1 aromatic heterocycles. The van der Waals surface area contributed by atoms with Gasteiger partial charge in [0, 0.05) is 16.7 Å². The topological polar surface area (TPSA) is 42.0 Å². The molecule has 0 radical (unpaired) electrons. The molecule has 0 saturated heterocycles. The largest absolute Gasteiger partial charge is 0.348 e. The Morgan fingerprint density at radius 2 is 2.19 bits per heavy atom. The Labute approximate surface area is 133 Å². The first kappa shape index (κ1) is 14.7. The number of benzene rings is 1. The number of amides is 1. The molecule has 1 saturated carbocycles. The van der Waals surface area contributed by atoms with Crippen LogP contribution in [0.1, 0.15) is 29.8 Å². The Morgan fingerprint density at radius 3 is 2.95 bits per heavy atom. The monoisotopic (exact) mass is 320 g/mol. The molecule has 1 aliphatic rings. The molecular formula is C16H17ClN2OS. The molecule has 1 aliphatic carbocycles. The fraction of sp³-hybridized carbons (Fsp3) is 0.375. The standard InChI is InChI=1S/C16H17ClN2OS/c1-21-12-7-6-11(9-12)18-16(20)14-8-10-4-2-3-5-13(10)15(17)19-14/h2-5,8,11-12H,6-7,9H2,1H3,(H,18,20). The number of carbonyl (C=O) groups is 1. The summed E-state index contributed by atoms with van der Waals surface area (Å²) < 4.78 is 0. The van der Waals surface area contributed by atoms with Gasteiger partial charge in [0.1, 0.15) is 10.8 Å². The normalized spacial score (nSPS) is 21.6. The van der Waals surface area contributed by atoms with E-state index < -0.39 is 0 Å². The van der Waals surface area contributed by atoms with Crippen LogP contribution >= 0.6 is 23.4 Å². The van der Waals surface area contributed by atoms with Crippen molar-refractivity contribution < 1.29 is 4.79 Å². The van der Waals surface area contributed by atoms with Crippen molar-refractivity contribution in [3.05, 3.63) is 41.2 Å². The molecule has 21 heavy (non-hydrogen) atoms. The van der Waals surface area contributed by atoms with Crippen molar-refractivity contribution in [1.82, 2.24) is 10.3 Å². The number of hydrogen-bond donors (Lipinski definition) is 1. The molecule has 0 bridgehead atoms. The molecule has 2 unspecified atom stereocenters. The van der Waals surface area contributed by atoms with Crippen LogP contribution < -0.4 is 5.32 Å². The molecule has 2 atom stereocenters. The van der Waals surface area contributed by atoms with Crippen LogP contribution in [0.2, 0.25) is 5.15 Å². The lowest BCUT2D eigenvalue weighted by atomic mass is 10.1. The molecule has 1 N–H and O–H groups in total. The Hall–Kier alpha value is -1.26. The smallest absolute Gasteiger partial charge is 0.270 e. The average Bonchev–Trinajstić information content (AvgIpc) is 2.95. The van der Waals surface area contributed by atoms with E-state index in [1.54, 1.807) is 6.07 Å². The van der Waals surface area contributed by atoms with Crippen LogP contribution in [0.4, 0.5) is 0 Å². The first-order valence-corrected chi connectivity index (χ1v) is 8.73. The molecule has 0 spiro atoms. The Kier molecular flexibility index (Phi) is 4.36. The first-order valence-electron chi connectivity index (χ1n) is 7.06. The van der Waals surface area contributed by atoms with Gasteiger partial charge in [0.2, 0.25) is 0 Å². The summed E-state index contributed by atoms with van der Waals surface area (Å²) in [5.41, 5.74) is 0.395. The van der Waals surface area contributed by atoms with Crippen LogP contribution in [0, 0.1) is 0 Å². The number of fused-ring (bicyclic) bond motifs is 1. The van der Waals surface area contributed by atoms with E-state index in [2.05, 4.69) is 16.6 Å². The number of aromatic nitrogens is 1. The fourth-order valence-corrected chi connectivity index (χ4v) is 3.88. The van der Waals surface area contributed by atoms with Crippen LogP contribution in [0.15, 0.2) is 30.3 Å². The van der Waals surface area contributed by atoms with E-state index in [1.807, 2.05) is 36.0 Å². The van der Waals surface area contributed by atoms with Crippen molar-refractivity contribution >= 4 is 40.0 Å². The predicted octanol–water partition coefficient (Wildman–Crippen LogP) is 3.90. The number of carbonyl (C=O) groups excluding carboxylic acids is 1. The van der Waals surface area contributed by atoms with Crippen LogP contribution in [0.5, 0.6) is 0 Å². The van der Waals surface area contributed by atoms with Crippen LogP contribution in [-0.4, -0.2) is 28.4 Å². The molecule has 1 heterocycles. The molecule has 1 fully saturated rings. The number of thioether (sulfide) groups is 1. The second-order valence-electron chi connectivity index (χ2n) is 5.36. The van der Waals surface area contributed by atoms with Gasteiger partial charge in [0.15, 0.2) is 0 Å². The quantitative estimate of drug-likeness (QED) is 0.872. The highest BCUT2D eigenvalue weighted by Gasteiger charge is 2.25. The number of pyridine rings is 1. The lowest BCUT2D eigenvalue weighted by Gasteiger charge is -2.13. The summed E-state index contributed by atoms with van der Waals surface area (Å²) in [5.74, 6) is -0.130. The Balaban J connectivity index is 1.79. The van der Waals surface area contributed by atoms with Gasteiger partial charge in [0.05, 0.1) is 0 Å². The SMILES string of the molecule is CSC1CCC(NC(=O)c2cc3ccccc3c(Cl)n2)C1. The van der Waals surface area contributed by atoms with Gasteiger partial charge in [-0.3, -0.25) is 4.79 Å². The van der Waals surface area contributed by atoms with Gasteiger partial charge in [0.25, 0.3) is 5.91 Å². The van der Waals surface area contributed by atoms with E-state index in [1.165, 1.54) is 0 Å². The summed E-state index contributed by atoms with van der Waals surface area (Å²) in [4.78, 5) is 16.6. The summed E-state index contributed by atoms with van der Waals surface area (Å²) in [6.07, 6.45) is 5.37. The van der Waals surface area contributed by atoms with Crippen LogP contribution in [-0.2, 0) is 0 Å². The molecule has 1 aromatic carbocycles. The second-order valence-corrected chi connectivity index (χ2v) is 6.86. The van der Waals surface area contributed by atoms with Crippen LogP contribution in [0.3, 0.4) is 0 Å². The number of halogens is 1. The number of hydrogen-bond acceptors (Lipinski definition) is 3. The predicted molar refractivity (Wildman–Crippen MR) is 89.2 cm³/mol. The summed E-state index contributed by atoms with van der Waals surface area (Å²) in [6.45, 7) is 0. The van der Waals surface area contributed by atoms with Crippen molar-refractivity contribution in [3.63, 3.8) is 0 Å². The minimum atomic E-state index is -0.130. The highest BCUT2D eigenvalue weighted by molar-refractivity contribution is 7.99. The maximum atomic E-state index is 12.4. The van der Waals surface area contributed by atoms with Gasteiger partial charge < -0.3 is 5.32 Å². The van der Waals surface area contributed by atoms with E-state index in [9.17, 15) is 4.79 Å². The van der Waals surface area contributed by atoms with Gasteiger partial charge in [-0.05, 0) is 37.0 Å². The minimum Gasteiger partial charge on any atom is -0.348 e. The van der Waals surface area contributed by atoms with Crippen LogP contribution in [0.25, 0.3) is 10.8 Å². The molecule has 3 rings (SSSR count). The minimum absolute atomic E-state index is 0.130. The summed E-state index contributed by atoms with van der Waals surface area (Å²) in [5, 5.41) is 5.93. The molecular weight excluding hydrogens is 304 g/mol. The van der Waals surface area contributed by atoms with Crippen molar-refractivity contribution in [2.24, 2.45) is 0 Å². The zero-order valence-electron chi connectivity index (χ0n) is 11.8. The van der Waals surface area contributed by atoms with Gasteiger partial charge in [-0.15, -0.1) is 0 Å². The maximum Gasteiger partial charge on any atom is 0.270 e. The van der Waals surface area contributed by atoms with Gasteiger partial charge in [-0.1, -0.05) is 35.9 Å². The Morgan fingerprint density at radius 1 is 1.38 bits per heavy atom. The molecule has 2 aromatic rings. The summed E-state index contributed by atoms with van der Waals surface area (Å²) in [6, 6.07) is 9.75. The van der Waals surface area contributed by atoms with Crippen molar-refractivity contribution in [3.8, 4) is 0 Å². The first-order chi connectivity index (χ1) is 10.2. The summed E-state index contributed by atoms with van der Waals surface area (Å²) >= 11 is 8.05. The zero-order chi connectivity index (χ0) is 14.8.